The van der Waals surface area contributed by atoms with Crippen molar-refractivity contribution in [2.45, 2.75) is 13.0 Å². The molecule has 0 saturated carbocycles. The molecule has 1 aliphatic rings. The Balaban J connectivity index is 2.04. The summed E-state index contributed by atoms with van der Waals surface area (Å²) in [5.74, 6) is -0.609. The lowest BCUT2D eigenvalue weighted by molar-refractivity contribution is -0.652. The highest BCUT2D eigenvalue weighted by molar-refractivity contribution is 6.26. The number of rotatable bonds is 4. The Kier molecular flexibility index (Phi) is 3.50. The fourth-order valence-corrected chi connectivity index (χ4v) is 2.70. The van der Waals surface area contributed by atoms with Gasteiger partial charge in [-0.2, -0.15) is 0 Å². The molecule has 1 aromatic carbocycles. The molecule has 1 N–H and O–H groups in total. The van der Waals surface area contributed by atoms with Crippen LogP contribution in [0.25, 0.3) is 0 Å². The van der Waals surface area contributed by atoms with Crippen molar-refractivity contribution in [2.75, 3.05) is 20.6 Å². The van der Waals surface area contributed by atoms with Gasteiger partial charge >= 0.3 is 0 Å². The molecule has 1 aliphatic carbocycles. The molecule has 0 unspecified atom stereocenters. The van der Waals surface area contributed by atoms with Crippen LogP contribution in [0.15, 0.2) is 24.3 Å². The first-order valence-electron chi connectivity index (χ1n) is 7.09. The molecule has 114 valence electrons. The lowest BCUT2D eigenvalue weighted by atomic mass is 9.90. The lowest BCUT2D eigenvalue weighted by Gasteiger charge is -2.12. The van der Waals surface area contributed by atoms with Crippen LogP contribution in [-0.2, 0) is 6.54 Å². The van der Waals surface area contributed by atoms with Crippen molar-refractivity contribution in [1.29, 1.82) is 0 Å². The number of aromatic nitrogens is 3. The summed E-state index contributed by atoms with van der Waals surface area (Å²) >= 11 is 0. The molecule has 1 aromatic heterocycles. The number of H-pyrrole nitrogens is 1. The largest absolute Gasteiger partial charge is 0.309 e. The average molecular weight is 301 g/mol. The highest BCUT2D eigenvalue weighted by Gasteiger charge is 2.38. The Hall–Kier alpha value is -2.54. The Morgan fingerprint density at radius 2 is 1.77 bits per heavy atom. The van der Waals surface area contributed by atoms with E-state index in [-0.39, 0.29) is 23.0 Å². The number of nitrogens with one attached hydrogen (secondary N) is 1. The summed E-state index contributed by atoms with van der Waals surface area (Å²) in [6, 6.07) is 6.63. The Labute approximate surface area is 126 Å². The molecule has 0 amide bonds. The molecule has 0 bridgehead atoms. The number of aromatic amines is 1. The second-order valence-electron chi connectivity index (χ2n) is 5.59. The zero-order valence-electron chi connectivity index (χ0n) is 12.5. The summed E-state index contributed by atoms with van der Waals surface area (Å²) in [6.07, 6.45) is 0.702. The van der Waals surface area contributed by atoms with Gasteiger partial charge in [-0.25, -0.2) is 0 Å². The van der Waals surface area contributed by atoms with Crippen LogP contribution >= 0.6 is 0 Å². The van der Waals surface area contributed by atoms with Gasteiger partial charge in [0.05, 0.1) is 11.5 Å². The van der Waals surface area contributed by atoms with Gasteiger partial charge in [0.15, 0.2) is 11.4 Å². The molecule has 0 radical (unpaired) electrons. The summed E-state index contributed by atoms with van der Waals surface area (Å²) in [5.41, 5.74) is 0.907. The number of carbonyl (C=O) groups excluding carboxylic acids is 2. The number of hydrogen-bond donors (Lipinski definition) is 1. The first-order chi connectivity index (χ1) is 10.5. The summed E-state index contributed by atoms with van der Waals surface area (Å²) < 4.78 is 1.77. The number of nitrogens with zero attached hydrogens (tertiary/aromatic N) is 3. The second-order valence-corrected chi connectivity index (χ2v) is 5.59. The van der Waals surface area contributed by atoms with Gasteiger partial charge in [-0.15, -0.1) is 0 Å². The summed E-state index contributed by atoms with van der Waals surface area (Å²) in [4.78, 5) is 39.1. The summed E-state index contributed by atoms with van der Waals surface area (Å²) in [7, 11) is 3.88. The third kappa shape index (κ3) is 2.19. The number of benzene rings is 1. The standard InChI is InChI=1S/C15H16N4O3/c1-17(2)8-5-9-18-13-12(16-19(18)22)14(20)10-6-3-4-7-11(10)15(13)21/h3-4,6-7H,5,8-9H2,1-2H3/p+1. The zero-order chi connectivity index (χ0) is 15.9. The van der Waals surface area contributed by atoms with Crippen molar-refractivity contribution in [3.8, 4) is 0 Å². The minimum absolute atomic E-state index is 0.0727. The maximum absolute atomic E-state index is 12.6. The Morgan fingerprint density at radius 1 is 1.14 bits per heavy atom. The fourth-order valence-electron chi connectivity index (χ4n) is 2.70. The van der Waals surface area contributed by atoms with E-state index in [4.69, 9.17) is 0 Å². The van der Waals surface area contributed by atoms with Gasteiger partial charge in [0.1, 0.15) is 0 Å². The number of carbonyl (C=O) groups is 2. The van der Waals surface area contributed by atoms with Gasteiger partial charge in [-0.05, 0) is 27.1 Å². The third-order valence-corrected chi connectivity index (χ3v) is 3.76. The highest BCUT2D eigenvalue weighted by atomic mass is 16.3. The Morgan fingerprint density at radius 3 is 2.41 bits per heavy atom. The zero-order valence-corrected chi connectivity index (χ0v) is 12.5. The normalized spacial score (nSPS) is 13.4. The molecule has 7 nitrogen and oxygen atoms in total. The fraction of sp³-hybridized carbons (Fsp3) is 0.333. The van der Waals surface area contributed by atoms with Gasteiger partial charge in [-0.1, -0.05) is 34.0 Å². The number of ketones is 2. The highest BCUT2D eigenvalue weighted by Crippen LogP contribution is 2.25. The van der Waals surface area contributed by atoms with Crippen LogP contribution in [0.3, 0.4) is 0 Å². The van der Waals surface area contributed by atoms with Crippen LogP contribution in [0.5, 0.6) is 0 Å². The first kappa shape index (κ1) is 14.4. The van der Waals surface area contributed by atoms with Crippen LogP contribution in [0, 0.1) is 4.91 Å². The van der Waals surface area contributed by atoms with Crippen molar-refractivity contribution in [3.63, 3.8) is 0 Å². The molecule has 1 heterocycles. The molecule has 0 aliphatic heterocycles. The molecule has 0 saturated heterocycles. The van der Waals surface area contributed by atoms with Gasteiger partial charge in [0.2, 0.25) is 11.6 Å². The molecule has 0 atom stereocenters. The van der Waals surface area contributed by atoms with E-state index in [1.807, 2.05) is 19.0 Å². The smallest absolute Gasteiger partial charge is 0.258 e. The molecule has 0 fully saturated rings. The molecule has 0 spiro atoms. The quantitative estimate of drug-likeness (QED) is 0.710. The molecular weight excluding hydrogens is 284 g/mol. The van der Waals surface area contributed by atoms with Crippen molar-refractivity contribution in [2.24, 2.45) is 0 Å². The van der Waals surface area contributed by atoms with Crippen LogP contribution in [0.1, 0.15) is 38.5 Å². The molecule has 22 heavy (non-hydrogen) atoms. The van der Waals surface area contributed by atoms with E-state index in [1.165, 1.54) is 4.68 Å². The van der Waals surface area contributed by atoms with Crippen molar-refractivity contribution < 1.29 is 14.2 Å². The maximum atomic E-state index is 12.6. The minimum Gasteiger partial charge on any atom is -0.309 e. The van der Waals surface area contributed by atoms with Crippen molar-refractivity contribution in [1.82, 2.24) is 14.7 Å². The second kappa shape index (κ2) is 5.34. The van der Waals surface area contributed by atoms with Crippen LogP contribution in [0.4, 0.5) is 0 Å². The molecular formula is C15H17N4O3+. The van der Waals surface area contributed by atoms with E-state index in [0.29, 0.717) is 28.7 Å². The molecule has 7 heteroatoms. The summed E-state index contributed by atoms with van der Waals surface area (Å²) in [6.45, 7) is 1.15. The van der Waals surface area contributed by atoms with E-state index in [9.17, 15) is 14.5 Å². The monoisotopic (exact) mass is 301 g/mol. The van der Waals surface area contributed by atoms with E-state index < -0.39 is 0 Å². The number of hydrogen-bond acceptors (Lipinski definition) is 4. The van der Waals surface area contributed by atoms with Gasteiger partial charge in [0, 0.05) is 11.1 Å². The third-order valence-electron chi connectivity index (χ3n) is 3.76. The van der Waals surface area contributed by atoms with E-state index in [1.54, 1.807) is 24.3 Å². The SMILES string of the molecule is CN(C)CCCn1c2c([nH][n+]1=O)C(=O)c1ccccc1C2=O. The number of fused-ring (bicyclic) bond motifs is 2. The van der Waals surface area contributed by atoms with Crippen LogP contribution in [0.2, 0.25) is 0 Å². The minimum atomic E-state index is -0.318. The van der Waals surface area contributed by atoms with E-state index >= 15 is 0 Å². The van der Waals surface area contributed by atoms with Gasteiger partial charge in [0.25, 0.3) is 4.66 Å². The maximum Gasteiger partial charge on any atom is 0.258 e. The van der Waals surface area contributed by atoms with Crippen LogP contribution in [-0.4, -0.2) is 46.9 Å². The van der Waals surface area contributed by atoms with Gasteiger partial charge < -0.3 is 4.90 Å². The van der Waals surface area contributed by atoms with Crippen molar-refractivity contribution in [3.05, 3.63) is 51.7 Å². The molecule has 2 aromatic rings. The lowest BCUT2D eigenvalue weighted by Crippen LogP contribution is -2.33. The first-order valence-corrected chi connectivity index (χ1v) is 7.09. The van der Waals surface area contributed by atoms with E-state index in [0.717, 1.165) is 6.54 Å². The van der Waals surface area contributed by atoms with E-state index in [2.05, 4.69) is 5.10 Å². The summed E-state index contributed by atoms with van der Waals surface area (Å²) in [5, 5.41) is 2.46. The molecule has 3 rings (SSSR count). The van der Waals surface area contributed by atoms with Gasteiger partial charge in [-0.3, -0.25) is 9.59 Å². The predicted molar refractivity (Wildman–Crippen MR) is 78.6 cm³/mol. The van der Waals surface area contributed by atoms with Crippen molar-refractivity contribution >= 4 is 11.6 Å². The topological polar surface area (TPSA) is 81.1 Å². The van der Waals surface area contributed by atoms with Crippen LogP contribution < -0.4 is 4.66 Å². The predicted octanol–water partition coefficient (Wildman–Crippen LogP) is 0.458. The Bertz CT molecular complexity index is 816. The average Bonchev–Trinajstić information content (AvgIpc) is 2.82.